The van der Waals surface area contributed by atoms with E-state index in [4.69, 9.17) is 16.3 Å². The summed E-state index contributed by atoms with van der Waals surface area (Å²) < 4.78 is 5.66. The van der Waals surface area contributed by atoms with E-state index in [9.17, 15) is 0 Å². The molecule has 2 rings (SSSR count). The molecular weight excluding hydrogens is 234 g/mol. The van der Waals surface area contributed by atoms with Crippen molar-refractivity contribution in [2.75, 3.05) is 18.5 Å². The normalized spacial score (nSPS) is 18.8. The first kappa shape index (κ1) is 12.3. The van der Waals surface area contributed by atoms with Crippen LogP contribution in [0.2, 0.25) is 5.02 Å². The Balaban J connectivity index is 2.33. The maximum absolute atomic E-state index is 6.25. The van der Waals surface area contributed by atoms with E-state index < -0.39 is 0 Å². The van der Waals surface area contributed by atoms with Crippen molar-refractivity contribution in [3.05, 3.63) is 35.4 Å². The molecule has 0 aromatic heterocycles. The molecule has 1 aliphatic rings. The van der Waals surface area contributed by atoms with Gasteiger partial charge < -0.3 is 10.1 Å². The minimum Gasteiger partial charge on any atom is -0.487 e. The van der Waals surface area contributed by atoms with Crippen molar-refractivity contribution < 1.29 is 4.74 Å². The van der Waals surface area contributed by atoms with E-state index in [2.05, 4.69) is 18.8 Å². The van der Waals surface area contributed by atoms with Gasteiger partial charge in [0.2, 0.25) is 0 Å². The van der Waals surface area contributed by atoms with Gasteiger partial charge in [-0.1, -0.05) is 31.2 Å². The second-order valence-corrected chi connectivity index (χ2v) is 4.93. The highest BCUT2D eigenvalue weighted by atomic mass is 35.5. The second-order valence-electron chi connectivity index (χ2n) is 4.52. The fraction of sp³-hybridized carbons (Fsp3) is 0.429. The lowest BCUT2D eigenvalue weighted by Gasteiger charge is -2.15. The molecule has 1 aliphatic heterocycles. The minimum absolute atomic E-state index is 0.519. The summed E-state index contributed by atoms with van der Waals surface area (Å²) in [6, 6.07) is 3.84. The summed E-state index contributed by atoms with van der Waals surface area (Å²) in [6.45, 7) is 7.40. The van der Waals surface area contributed by atoms with E-state index in [1.807, 2.05) is 12.1 Å². The van der Waals surface area contributed by atoms with Gasteiger partial charge in [0.15, 0.2) is 0 Å². The van der Waals surface area contributed by atoms with Gasteiger partial charge in [0, 0.05) is 11.6 Å². The largest absolute Gasteiger partial charge is 0.487 e. The van der Waals surface area contributed by atoms with Crippen molar-refractivity contribution in [1.29, 1.82) is 0 Å². The van der Waals surface area contributed by atoms with E-state index in [1.54, 1.807) is 6.08 Å². The van der Waals surface area contributed by atoms with Gasteiger partial charge >= 0.3 is 0 Å². The van der Waals surface area contributed by atoms with Crippen molar-refractivity contribution in [3.8, 4) is 5.75 Å². The van der Waals surface area contributed by atoms with Gasteiger partial charge in [-0.25, -0.2) is 0 Å². The van der Waals surface area contributed by atoms with Gasteiger partial charge in [-0.05, 0) is 36.5 Å². The summed E-state index contributed by atoms with van der Waals surface area (Å²) in [5.41, 5.74) is 2.24. The van der Waals surface area contributed by atoms with Gasteiger partial charge in [-0.3, -0.25) is 0 Å². The molecule has 3 heteroatoms. The van der Waals surface area contributed by atoms with Crippen molar-refractivity contribution in [3.63, 3.8) is 0 Å². The lowest BCUT2D eigenvalue weighted by Crippen LogP contribution is -2.09. The molecule has 1 N–H and O–H groups in total. The molecule has 0 saturated carbocycles. The Hall–Kier alpha value is -1.15. The number of ether oxygens (including phenoxy) is 1. The van der Waals surface area contributed by atoms with Crippen LogP contribution in [0.5, 0.6) is 5.75 Å². The Morgan fingerprint density at radius 3 is 3.18 bits per heavy atom. The van der Waals surface area contributed by atoms with Crippen LogP contribution in [0.15, 0.2) is 24.8 Å². The number of rotatable bonds is 3. The molecule has 0 saturated heterocycles. The highest BCUT2D eigenvalue weighted by Crippen LogP contribution is 2.37. The fourth-order valence-electron chi connectivity index (χ4n) is 2.08. The first-order chi connectivity index (χ1) is 8.22. The maximum Gasteiger partial charge on any atom is 0.143 e. The molecular formula is C14H18ClNO. The molecule has 1 atom stereocenters. The Bertz CT molecular complexity index is 417. The molecule has 2 nitrogen and oxygen atoms in total. The van der Waals surface area contributed by atoms with Gasteiger partial charge in [0.1, 0.15) is 12.4 Å². The standard InChI is InChI=1S/C14H18ClNO/c1-3-8-17-13-7-6-12(15)11-5-4-10(2)9-16-14(11)13/h3,6-7,10,16H,1,4-5,8-9H2,2H3. The molecule has 0 aliphatic carbocycles. The molecule has 1 aromatic rings. The summed E-state index contributed by atoms with van der Waals surface area (Å²) in [7, 11) is 0. The quantitative estimate of drug-likeness (QED) is 0.823. The smallest absolute Gasteiger partial charge is 0.143 e. The lowest BCUT2D eigenvalue weighted by atomic mass is 10.0. The number of nitrogens with one attached hydrogen (secondary N) is 1. The molecule has 0 spiro atoms. The molecule has 0 bridgehead atoms. The molecule has 1 heterocycles. The van der Waals surface area contributed by atoms with Gasteiger partial charge in [0.25, 0.3) is 0 Å². The molecule has 0 fully saturated rings. The van der Waals surface area contributed by atoms with Crippen LogP contribution < -0.4 is 10.1 Å². The maximum atomic E-state index is 6.25. The Labute approximate surface area is 108 Å². The van der Waals surface area contributed by atoms with Gasteiger partial charge in [0.05, 0.1) is 5.69 Å². The van der Waals surface area contributed by atoms with Crippen LogP contribution in [0.3, 0.4) is 0 Å². The summed E-state index contributed by atoms with van der Waals surface area (Å²) in [4.78, 5) is 0. The SMILES string of the molecule is C=CCOc1ccc(Cl)c2c1NCC(C)CC2. The third-order valence-electron chi connectivity index (χ3n) is 3.09. The summed E-state index contributed by atoms with van der Waals surface area (Å²) in [5, 5.41) is 4.28. The molecule has 92 valence electrons. The van der Waals surface area contributed by atoms with E-state index in [0.717, 1.165) is 35.8 Å². The van der Waals surface area contributed by atoms with E-state index in [1.165, 1.54) is 5.56 Å². The highest BCUT2D eigenvalue weighted by molar-refractivity contribution is 6.31. The van der Waals surface area contributed by atoms with Crippen LogP contribution >= 0.6 is 11.6 Å². The van der Waals surface area contributed by atoms with E-state index in [0.29, 0.717) is 12.5 Å². The molecule has 1 aromatic carbocycles. The van der Waals surface area contributed by atoms with Crippen LogP contribution in [-0.4, -0.2) is 13.2 Å². The van der Waals surface area contributed by atoms with Crippen LogP contribution in [0, 0.1) is 5.92 Å². The third-order valence-corrected chi connectivity index (χ3v) is 3.44. The lowest BCUT2D eigenvalue weighted by molar-refractivity contribution is 0.364. The first-order valence-corrected chi connectivity index (χ1v) is 6.39. The van der Waals surface area contributed by atoms with Gasteiger partial charge in [-0.2, -0.15) is 0 Å². The van der Waals surface area contributed by atoms with Crippen molar-refractivity contribution in [2.24, 2.45) is 5.92 Å². The summed E-state index contributed by atoms with van der Waals surface area (Å²) in [6.07, 6.45) is 3.92. The third kappa shape index (κ3) is 2.75. The predicted molar refractivity (Wildman–Crippen MR) is 73.1 cm³/mol. The molecule has 1 unspecified atom stereocenters. The van der Waals surface area contributed by atoms with Crippen LogP contribution in [0.1, 0.15) is 18.9 Å². The molecule has 0 radical (unpaired) electrons. The fourth-order valence-corrected chi connectivity index (χ4v) is 2.33. The monoisotopic (exact) mass is 251 g/mol. The molecule has 17 heavy (non-hydrogen) atoms. The van der Waals surface area contributed by atoms with Crippen LogP contribution in [0.4, 0.5) is 5.69 Å². The van der Waals surface area contributed by atoms with Crippen molar-refractivity contribution in [2.45, 2.75) is 19.8 Å². The number of benzene rings is 1. The van der Waals surface area contributed by atoms with Crippen LogP contribution in [0.25, 0.3) is 0 Å². The average Bonchev–Trinajstić information content (AvgIpc) is 2.52. The number of halogens is 1. The second kappa shape index (κ2) is 5.46. The minimum atomic E-state index is 0.519. The number of hydrogen-bond acceptors (Lipinski definition) is 2. The number of anilines is 1. The first-order valence-electron chi connectivity index (χ1n) is 6.01. The molecule has 0 amide bonds. The topological polar surface area (TPSA) is 21.3 Å². The Morgan fingerprint density at radius 1 is 1.59 bits per heavy atom. The number of fused-ring (bicyclic) bond motifs is 1. The summed E-state index contributed by atoms with van der Waals surface area (Å²) in [5.74, 6) is 1.53. The van der Waals surface area contributed by atoms with Crippen molar-refractivity contribution in [1.82, 2.24) is 0 Å². The predicted octanol–water partition coefficient (Wildman–Crippen LogP) is 3.90. The summed E-state index contributed by atoms with van der Waals surface area (Å²) >= 11 is 6.25. The number of hydrogen-bond donors (Lipinski definition) is 1. The van der Waals surface area contributed by atoms with Gasteiger partial charge in [-0.15, -0.1) is 0 Å². The van der Waals surface area contributed by atoms with Crippen molar-refractivity contribution >= 4 is 17.3 Å². The Kier molecular flexibility index (Phi) is 3.95. The van der Waals surface area contributed by atoms with E-state index >= 15 is 0 Å². The Morgan fingerprint density at radius 2 is 2.41 bits per heavy atom. The zero-order valence-electron chi connectivity index (χ0n) is 10.1. The highest BCUT2D eigenvalue weighted by Gasteiger charge is 2.18. The zero-order valence-corrected chi connectivity index (χ0v) is 10.9. The van der Waals surface area contributed by atoms with E-state index in [-0.39, 0.29) is 0 Å². The zero-order chi connectivity index (χ0) is 12.3. The average molecular weight is 252 g/mol. The van der Waals surface area contributed by atoms with Crippen LogP contribution in [-0.2, 0) is 6.42 Å².